The first kappa shape index (κ1) is 12.9. The number of nitrogens with two attached hydrogens (primary N) is 1. The van der Waals surface area contributed by atoms with E-state index in [1.54, 1.807) is 11.7 Å². The van der Waals surface area contributed by atoms with Crippen LogP contribution in [0.4, 0.5) is 5.69 Å². The van der Waals surface area contributed by atoms with Crippen molar-refractivity contribution in [2.75, 3.05) is 6.61 Å². The SMILES string of the molecule is NNOC(=O)CCOc1ccccc1[N+](=O)[O-]. The summed E-state index contributed by atoms with van der Waals surface area (Å²) in [4.78, 5) is 25.2. The van der Waals surface area contributed by atoms with Crippen LogP contribution in [0.25, 0.3) is 0 Å². The Morgan fingerprint density at radius 2 is 2.18 bits per heavy atom. The Morgan fingerprint density at radius 1 is 1.47 bits per heavy atom. The van der Waals surface area contributed by atoms with Gasteiger partial charge in [-0.2, -0.15) is 0 Å². The van der Waals surface area contributed by atoms with Gasteiger partial charge < -0.3 is 9.57 Å². The predicted molar refractivity (Wildman–Crippen MR) is 56.6 cm³/mol. The van der Waals surface area contributed by atoms with Gasteiger partial charge in [0.05, 0.1) is 18.0 Å². The molecule has 0 aliphatic carbocycles. The lowest BCUT2D eigenvalue weighted by Crippen LogP contribution is -2.26. The van der Waals surface area contributed by atoms with Gasteiger partial charge >= 0.3 is 11.7 Å². The van der Waals surface area contributed by atoms with E-state index >= 15 is 0 Å². The zero-order chi connectivity index (χ0) is 12.7. The largest absolute Gasteiger partial charge is 0.486 e. The molecule has 17 heavy (non-hydrogen) atoms. The number of rotatable bonds is 6. The van der Waals surface area contributed by atoms with Crippen molar-refractivity contribution in [3.05, 3.63) is 34.4 Å². The van der Waals surface area contributed by atoms with E-state index < -0.39 is 10.9 Å². The highest BCUT2D eigenvalue weighted by Gasteiger charge is 2.14. The fraction of sp³-hybridized carbons (Fsp3) is 0.222. The van der Waals surface area contributed by atoms with Gasteiger partial charge in [0.2, 0.25) is 0 Å². The lowest BCUT2D eigenvalue weighted by molar-refractivity contribution is -0.385. The summed E-state index contributed by atoms with van der Waals surface area (Å²) >= 11 is 0. The first-order chi connectivity index (χ1) is 8.15. The highest BCUT2D eigenvalue weighted by Crippen LogP contribution is 2.25. The molecule has 0 aliphatic heterocycles. The molecular weight excluding hydrogens is 230 g/mol. The topological polar surface area (TPSA) is 117 Å². The minimum absolute atomic E-state index is 0.0363. The number of carbonyl (C=O) groups is 1. The number of ether oxygens (including phenoxy) is 1. The van der Waals surface area contributed by atoms with Crippen LogP contribution in [0.15, 0.2) is 24.3 Å². The van der Waals surface area contributed by atoms with Crippen molar-refractivity contribution < 1.29 is 19.3 Å². The summed E-state index contributed by atoms with van der Waals surface area (Å²) in [5.74, 6) is 4.24. The van der Waals surface area contributed by atoms with Crippen molar-refractivity contribution in [2.24, 2.45) is 5.84 Å². The molecule has 0 saturated carbocycles. The van der Waals surface area contributed by atoms with E-state index in [4.69, 9.17) is 10.6 Å². The van der Waals surface area contributed by atoms with E-state index in [0.29, 0.717) is 0 Å². The van der Waals surface area contributed by atoms with Crippen molar-refractivity contribution in [3.63, 3.8) is 0 Å². The Morgan fingerprint density at radius 3 is 2.82 bits per heavy atom. The monoisotopic (exact) mass is 241 g/mol. The van der Waals surface area contributed by atoms with E-state index in [-0.39, 0.29) is 24.5 Å². The second kappa shape index (κ2) is 6.40. The number of nitrogens with zero attached hydrogens (tertiary/aromatic N) is 1. The molecule has 0 atom stereocenters. The van der Waals surface area contributed by atoms with Gasteiger partial charge in [-0.3, -0.25) is 14.9 Å². The number of hydrogen-bond acceptors (Lipinski definition) is 7. The second-order valence-corrected chi connectivity index (χ2v) is 2.92. The van der Waals surface area contributed by atoms with Gasteiger partial charge in [-0.1, -0.05) is 17.7 Å². The Bertz CT molecular complexity index is 409. The van der Waals surface area contributed by atoms with Gasteiger partial charge in [0.1, 0.15) is 0 Å². The number of nitrogens with one attached hydrogen (secondary N) is 1. The molecular formula is C9H11N3O5. The number of hydrogen-bond donors (Lipinski definition) is 2. The quantitative estimate of drug-likeness (QED) is 0.417. The molecule has 8 nitrogen and oxygen atoms in total. The lowest BCUT2D eigenvalue weighted by Gasteiger charge is -2.05. The highest BCUT2D eigenvalue weighted by atomic mass is 16.7. The van der Waals surface area contributed by atoms with Crippen LogP contribution in [0.1, 0.15) is 6.42 Å². The summed E-state index contributed by atoms with van der Waals surface area (Å²) in [6, 6.07) is 5.89. The fourth-order valence-electron chi connectivity index (χ4n) is 1.09. The number of para-hydroxylation sites is 2. The van der Waals surface area contributed by atoms with E-state index in [9.17, 15) is 14.9 Å². The van der Waals surface area contributed by atoms with Gasteiger partial charge in [0.15, 0.2) is 5.75 Å². The van der Waals surface area contributed by atoms with Crippen LogP contribution in [0.2, 0.25) is 0 Å². The zero-order valence-corrected chi connectivity index (χ0v) is 8.79. The number of benzene rings is 1. The third-order valence-electron chi connectivity index (χ3n) is 1.80. The van der Waals surface area contributed by atoms with Gasteiger partial charge in [-0.15, -0.1) is 0 Å². The van der Waals surface area contributed by atoms with Crippen molar-refractivity contribution in [3.8, 4) is 5.75 Å². The van der Waals surface area contributed by atoms with E-state index in [1.165, 1.54) is 18.2 Å². The molecule has 1 aromatic rings. The molecule has 0 fully saturated rings. The van der Waals surface area contributed by atoms with Crippen LogP contribution in [0, 0.1) is 10.1 Å². The maximum absolute atomic E-state index is 10.9. The van der Waals surface area contributed by atoms with Crippen LogP contribution < -0.4 is 16.2 Å². The average molecular weight is 241 g/mol. The second-order valence-electron chi connectivity index (χ2n) is 2.92. The van der Waals surface area contributed by atoms with Gasteiger partial charge in [0.25, 0.3) is 0 Å². The minimum atomic E-state index is -0.619. The third kappa shape index (κ3) is 4.05. The molecule has 1 rings (SSSR count). The normalized spacial score (nSPS) is 9.71. The molecule has 0 amide bonds. The van der Waals surface area contributed by atoms with Crippen molar-refractivity contribution in [2.45, 2.75) is 6.42 Å². The molecule has 0 bridgehead atoms. The molecule has 1 aromatic carbocycles. The van der Waals surface area contributed by atoms with Gasteiger partial charge in [-0.05, 0) is 6.07 Å². The van der Waals surface area contributed by atoms with Crippen LogP contribution in [-0.4, -0.2) is 17.5 Å². The standard InChI is InChI=1S/C9H11N3O5/c10-11-17-9(13)5-6-16-8-4-2-1-3-7(8)12(14)15/h1-4,11H,5-6,10H2. The zero-order valence-electron chi connectivity index (χ0n) is 8.79. The van der Waals surface area contributed by atoms with Crippen molar-refractivity contribution >= 4 is 11.7 Å². The maximum atomic E-state index is 10.9. The summed E-state index contributed by atoms with van der Waals surface area (Å²) < 4.78 is 5.10. The van der Waals surface area contributed by atoms with Crippen LogP contribution >= 0.6 is 0 Å². The highest BCUT2D eigenvalue weighted by molar-refractivity contribution is 5.69. The minimum Gasteiger partial charge on any atom is -0.486 e. The Hall–Kier alpha value is -2.19. The Kier molecular flexibility index (Phi) is 4.85. The fourth-order valence-corrected chi connectivity index (χ4v) is 1.09. The van der Waals surface area contributed by atoms with Crippen LogP contribution in [-0.2, 0) is 9.63 Å². The van der Waals surface area contributed by atoms with Crippen molar-refractivity contribution in [1.29, 1.82) is 0 Å². The molecule has 8 heteroatoms. The van der Waals surface area contributed by atoms with E-state index in [2.05, 4.69) is 4.84 Å². The first-order valence-corrected chi connectivity index (χ1v) is 4.66. The average Bonchev–Trinajstić information content (AvgIpc) is 2.30. The molecule has 0 aromatic heterocycles. The molecule has 0 aliphatic rings. The predicted octanol–water partition coefficient (Wildman–Crippen LogP) is 0.285. The van der Waals surface area contributed by atoms with Gasteiger partial charge in [-0.25, -0.2) is 5.84 Å². The Balaban J connectivity index is 2.52. The molecule has 0 saturated heterocycles. The Labute approximate surface area is 96.4 Å². The molecule has 0 unspecified atom stereocenters. The van der Waals surface area contributed by atoms with E-state index in [0.717, 1.165) is 0 Å². The third-order valence-corrected chi connectivity index (χ3v) is 1.80. The number of nitro benzene ring substituents is 1. The smallest absolute Gasteiger partial charge is 0.329 e. The maximum Gasteiger partial charge on any atom is 0.329 e. The molecule has 0 radical (unpaired) electrons. The lowest BCUT2D eigenvalue weighted by atomic mass is 10.3. The summed E-state index contributed by atoms with van der Waals surface area (Å²) in [6.45, 7) is -0.0363. The number of carbonyl (C=O) groups excluding carboxylic acids is 1. The molecule has 0 heterocycles. The van der Waals surface area contributed by atoms with Crippen molar-refractivity contribution in [1.82, 2.24) is 5.59 Å². The van der Waals surface area contributed by atoms with Crippen LogP contribution in [0.5, 0.6) is 5.75 Å². The van der Waals surface area contributed by atoms with Gasteiger partial charge in [0, 0.05) is 6.07 Å². The van der Waals surface area contributed by atoms with E-state index in [1.807, 2.05) is 0 Å². The summed E-state index contributed by atoms with van der Waals surface area (Å²) in [5, 5.41) is 10.6. The van der Waals surface area contributed by atoms with Crippen LogP contribution in [0.3, 0.4) is 0 Å². The first-order valence-electron chi connectivity index (χ1n) is 4.66. The molecule has 92 valence electrons. The number of hydrazine groups is 1. The summed E-state index contributed by atoms with van der Waals surface area (Å²) in [7, 11) is 0. The molecule has 0 spiro atoms. The molecule has 3 N–H and O–H groups in total. The number of nitro groups is 1. The summed E-state index contributed by atoms with van der Waals surface area (Å²) in [5.41, 5.74) is 1.58. The summed E-state index contributed by atoms with van der Waals surface area (Å²) in [6.07, 6.45) is -0.0732.